The summed E-state index contributed by atoms with van der Waals surface area (Å²) in [6, 6.07) is 12.1. The molecule has 2 aromatic carbocycles. The van der Waals surface area contributed by atoms with E-state index in [-0.39, 0.29) is 5.78 Å². The zero-order chi connectivity index (χ0) is 15.2. The Balaban J connectivity index is 1.83. The summed E-state index contributed by atoms with van der Waals surface area (Å²) < 4.78 is 11.0. The van der Waals surface area contributed by atoms with Gasteiger partial charge in [0.15, 0.2) is 5.78 Å². The molecule has 0 aliphatic rings. The van der Waals surface area contributed by atoms with E-state index in [9.17, 15) is 4.79 Å². The molecule has 4 nitrogen and oxygen atoms in total. The molecule has 0 amide bonds. The number of rotatable bonds is 6. The lowest BCUT2D eigenvalue weighted by Gasteiger charge is -2.10. The van der Waals surface area contributed by atoms with E-state index in [1.807, 2.05) is 0 Å². The van der Waals surface area contributed by atoms with Gasteiger partial charge in [-0.05, 0) is 49.4 Å². The van der Waals surface area contributed by atoms with Crippen molar-refractivity contribution in [1.82, 2.24) is 0 Å². The molecule has 0 radical (unpaired) electrons. The van der Waals surface area contributed by atoms with E-state index in [1.54, 1.807) is 42.5 Å². The number of Topliss-reactive ketones (excluding diaryl/α,β-unsaturated/α-hetero) is 1. The Morgan fingerprint density at radius 3 is 2.38 bits per heavy atom. The summed E-state index contributed by atoms with van der Waals surface area (Å²) in [6.07, 6.45) is 0. The van der Waals surface area contributed by atoms with Gasteiger partial charge in [0.05, 0.1) is 5.69 Å². The second-order valence-electron chi connectivity index (χ2n) is 4.46. The van der Waals surface area contributed by atoms with Crippen LogP contribution in [-0.4, -0.2) is 19.0 Å². The maximum absolute atomic E-state index is 11.2. The maximum Gasteiger partial charge on any atom is 0.159 e. The molecule has 0 atom stereocenters. The first-order chi connectivity index (χ1) is 10.1. The first kappa shape index (κ1) is 15.2. The van der Waals surface area contributed by atoms with Crippen LogP contribution in [0.2, 0.25) is 5.02 Å². The van der Waals surface area contributed by atoms with Crippen molar-refractivity contribution in [3.05, 3.63) is 53.1 Å². The Labute approximate surface area is 128 Å². The van der Waals surface area contributed by atoms with Gasteiger partial charge in [-0.3, -0.25) is 4.79 Å². The first-order valence-corrected chi connectivity index (χ1v) is 6.85. The SMILES string of the molecule is CC(=O)c1ccc(OCCOc2ccc(Cl)cc2)c(N)c1. The summed E-state index contributed by atoms with van der Waals surface area (Å²) in [5.41, 5.74) is 6.84. The molecule has 0 bridgehead atoms. The topological polar surface area (TPSA) is 61.5 Å². The van der Waals surface area contributed by atoms with Gasteiger partial charge in [0.2, 0.25) is 0 Å². The van der Waals surface area contributed by atoms with Gasteiger partial charge in [-0.2, -0.15) is 0 Å². The van der Waals surface area contributed by atoms with Crippen LogP contribution in [0.25, 0.3) is 0 Å². The predicted molar refractivity (Wildman–Crippen MR) is 83.3 cm³/mol. The highest BCUT2D eigenvalue weighted by Crippen LogP contribution is 2.23. The van der Waals surface area contributed by atoms with Gasteiger partial charge in [0, 0.05) is 10.6 Å². The number of carbonyl (C=O) groups excluding carboxylic acids is 1. The van der Waals surface area contributed by atoms with E-state index >= 15 is 0 Å². The lowest BCUT2D eigenvalue weighted by atomic mass is 10.1. The number of carbonyl (C=O) groups is 1. The third kappa shape index (κ3) is 4.39. The van der Waals surface area contributed by atoms with Crippen molar-refractivity contribution in [1.29, 1.82) is 0 Å². The summed E-state index contributed by atoms with van der Waals surface area (Å²) in [4.78, 5) is 11.2. The third-order valence-corrected chi connectivity index (χ3v) is 3.09. The standard InChI is InChI=1S/C16H16ClNO3/c1-11(19)12-2-7-16(15(18)10-12)21-9-8-20-14-5-3-13(17)4-6-14/h2-7,10H,8-9,18H2,1H3. The zero-order valence-electron chi connectivity index (χ0n) is 11.6. The number of ether oxygens (including phenoxy) is 2. The lowest BCUT2D eigenvalue weighted by molar-refractivity contribution is 0.101. The molecular formula is C16H16ClNO3. The number of hydrogen-bond donors (Lipinski definition) is 1. The van der Waals surface area contributed by atoms with Crippen LogP contribution in [0.1, 0.15) is 17.3 Å². The molecule has 0 fully saturated rings. The van der Waals surface area contributed by atoms with Crippen molar-refractivity contribution in [3.8, 4) is 11.5 Å². The lowest BCUT2D eigenvalue weighted by Crippen LogP contribution is -2.10. The Hall–Kier alpha value is -2.20. The molecule has 2 rings (SSSR count). The maximum atomic E-state index is 11.2. The molecule has 0 aliphatic carbocycles. The van der Waals surface area contributed by atoms with E-state index in [0.717, 1.165) is 5.75 Å². The van der Waals surface area contributed by atoms with E-state index < -0.39 is 0 Å². The molecule has 0 unspecified atom stereocenters. The summed E-state index contributed by atoms with van der Waals surface area (Å²) in [5.74, 6) is 1.24. The Bertz CT molecular complexity index is 626. The van der Waals surface area contributed by atoms with E-state index in [2.05, 4.69) is 0 Å². The molecule has 0 saturated heterocycles. The van der Waals surface area contributed by atoms with Crippen LogP contribution in [0.4, 0.5) is 5.69 Å². The number of benzene rings is 2. The van der Waals surface area contributed by atoms with Crippen LogP contribution in [0, 0.1) is 0 Å². The minimum Gasteiger partial charge on any atom is -0.490 e. The Morgan fingerprint density at radius 2 is 1.76 bits per heavy atom. The van der Waals surface area contributed by atoms with Crippen molar-refractivity contribution in [2.24, 2.45) is 0 Å². The van der Waals surface area contributed by atoms with Gasteiger partial charge in [0.1, 0.15) is 24.7 Å². The van der Waals surface area contributed by atoms with Gasteiger partial charge >= 0.3 is 0 Å². The quantitative estimate of drug-likeness (QED) is 0.503. The minimum atomic E-state index is -0.0284. The Kier molecular flexibility index (Phi) is 5.06. The minimum absolute atomic E-state index is 0.0284. The second kappa shape index (κ2) is 6.99. The summed E-state index contributed by atoms with van der Waals surface area (Å²) in [5, 5.41) is 0.664. The zero-order valence-corrected chi connectivity index (χ0v) is 12.4. The van der Waals surface area contributed by atoms with Crippen molar-refractivity contribution < 1.29 is 14.3 Å². The molecule has 0 aliphatic heterocycles. The fourth-order valence-corrected chi connectivity index (χ4v) is 1.87. The van der Waals surface area contributed by atoms with Crippen molar-refractivity contribution in [2.45, 2.75) is 6.92 Å². The molecule has 110 valence electrons. The van der Waals surface area contributed by atoms with Gasteiger partial charge in [-0.1, -0.05) is 11.6 Å². The van der Waals surface area contributed by atoms with Gasteiger partial charge in [-0.25, -0.2) is 0 Å². The summed E-state index contributed by atoms with van der Waals surface area (Å²) in [6.45, 7) is 2.23. The van der Waals surface area contributed by atoms with Crippen molar-refractivity contribution in [2.75, 3.05) is 18.9 Å². The smallest absolute Gasteiger partial charge is 0.159 e. The predicted octanol–water partition coefficient (Wildman–Crippen LogP) is 3.58. The molecule has 21 heavy (non-hydrogen) atoms. The highest BCUT2D eigenvalue weighted by Gasteiger charge is 2.05. The number of ketones is 1. The largest absolute Gasteiger partial charge is 0.490 e. The third-order valence-electron chi connectivity index (χ3n) is 2.84. The fourth-order valence-electron chi connectivity index (χ4n) is 1.74. The van der Waals surface area contributed by atoms with E-state index in [0.29, 0.717) is 35.2 Å². The van der Waals surface area contributed by atoms with Crippen molar-refractivity contribution >= 4 is 23.1 Å². The van der Waals surface area contributed by atoms with Crippen LogP contribution in [0.3, 0.4) is 0 Å². The van der Waals surface area contributed by atoms with Gasteiger partial charge in [-0.15, -0.1) is 0 Å². The average molecular weight is 306 g/mol. The highest BCUT2D eigenvalue weighted by molar-refractivity contribution is 6.30. The molecule has 0 saturated carbocycles. The molecule has 0 aromatic heterocycles. The monoisotopic (exact) mass is 305 g/mol. The van der Waals surface area contributed by atoms with Crippen LogP contribution in [0.5, 0.6) is 11.5 Å². The average Bonchev–Trinajstić information content (AvgIpc) is 2.46. The number of halogens is 1. The van der Waals surface area contributed by atoms with Gasteiger partial charge < -0.3 is 15.2 Å². The van der Waals surface area contributed by atoms with E-state index in [1.165, 1.54) is 6.92 Å². The molecular weight excluding hydrogens is 290 g/mol. The normalized spacial score (nSPS) is 10.2. The number of nitrogens with two attached hydrogens (primary N) is 1. The van der Waals surface area contributed by atoms with Crippen molar-refractivity contribution in [3.63, 3.8) is 0 Å². The highest BCUT2D eigenvalue weighted by atomic mass is 35.5. The van der Waals surface area contributed by atoms with Gasteiger partial charge in [0.25, 0.3) is 0 Å². The van der Waals surface area contributed by atoms with Crippen LogP contribution < -0.4 is 15.2 Å². The van der Waals surface area contributed by atoms with Crippen LogP contribution in [-0.2, 0) is 0 Å². The van der Waals surface area contributed by atoms with Crippen LogP contribution in [0.15, 0.2) is 42.5 Å². The second-order valence-corrected chi connectivity index (χ2v) is 4.90. The number of anilines is 1. The number of hydrogen-bond acceptors (Lipinski definition) is 4. The summed E-state index contributed by atoms with van der Waals surface area (Å²) in [7, 11) is 0. The fraction of sp³-hybridized carbons (Fsp3) is 0.188. The van der Waals surface area contributed by atoms with E-state index in [4.69, 9.17) is 26.8 Å². The van der Waals surface area contributed by atoms with Crippen LogP contribution >= 0.6 is 11.6 Å². The molecule has 2 aromatic rings. The first-order valence-electron chi connectivity index (χ1n) is 6.48. The Morgan fingerprint density at radius 1 is 1.10 bits per heavy atom. The molecule has 0 heterocycles. The molecule has 0 spiro atoms. The molecule has 2 N–H and O–H groups in total. The molecule has 5 heteroatoms. The number of nitrogen functional groups attached to an aromatic ring is 1. The summed E-state index contributed by atoms with van der Waals surface area (Å²) >= 11 is 5.79.